The first-order valence-corrected chi connectivity index (χ1v) is 5.78. The summed E-state index contributed by atoms with van der Waals surface area (Å²) in [6.07, 6.45) is -4.10. The van der Waals surface area contributed by atoms with Gasteiger partial charge in [-0.3, -0.25) is 4.90 Å². The molecule has 0 aromatic carbocycles. The Bertz CT molecular complexity index is 181. The molecular formula is C11H23F3N2. The number of hydrogen-bond acceptors (Lipinski definition) is 2. The van der Waals surface area contributed by atoms with Gasteiger partial charge in [-0.15, -0.1) is 0 Å². The highest BCUT2D eigenvalue weighted by Gasteiger charge is 2.29. The molecule has 0 heterocycles. The monoisotopic (exact) mass is 240 g/mol. The van der Waals surface area contributed by atoms with E-state index in [0.29, 0.717) is 31.6 Å². The largest absolute Gasteiger partial charge is 0.401 e. The van der Waals surface area contributed by atoms with E-state index in [1.807, 2.05) is 6.92 Å². The van der Waals surface area contributed by atoms with Gasteiger partial charge in [-0.25, -0.2) is 0 Å². The van der Waals surface area contributed by atoms with Crippen molar-refractivity contribution >= 4 is 0 Å². The average Bonchev–Trinajstić information content (AvgIpc) is 2.13. The zero-order chi connectivity index (χ0) is 12.8. The molecule has 0 amide bonds. The van der Waals surface area contributed by atoms with Crippen molar-refractivity contribution in [3.05, 3.63) is 0 Å². The summed E-state index contributed by atoms with van der Waals surface area (Å²) in [6, 6.07) is 0.338. The van der Waals surface area contributed by atoms with Crippen molar-refractivity contribution in [2.45, 2.75) is 39.9 Å². The zero-order valence-corrected chi connectivity index (χ0v) is 10.6. The normalized spacial score (nSPS) is 14.8. The molecule has 1 atom stereocenters. The molecule has 0 aromatic heterocycles. The SMILES string of the molecule is CCN(CCNC(C)C(C)C)CC(F)(F)F. The van der Waals surface area contributed by atoms with Crippen molar-refractivity contribution in [2.24, 2.45) is 5.92 Å². The third-order valence-corrected chi connectivity index (χ3v) is 2.74. The van der Waals surface area contributed by atoms with Crippen LogP contribution in [0.4, 0.5) is 13.2 Å². The summed E-state index contributed by atoms with van der Waals surface area (Å²) < 4.78 is 36.4. The molecule has 1 N–H and O–H groups in total. The predicted octanol–water partition coefficient (Wildman–Crippen LogP) is 2.50. The lowest BCUT2D eigenvalue weighted by Gasteiger charge is -2.24. The molecule has 5 heteroatoms. The van der Waals surface area contributed by atoms with E-state index in [0.717, 1.165) is 0 Å². The average molecular weight is 240 g/mol. The molecule has 0 rings (SSSR count). The van der Waals surface area contributed by atoms with Crippen molar-refractivity contribution < 1.29 is 13.2 Å². The first-order chi connectivity index (χ1) is 7.26. The summed E-state index contributed by atoms with van der Waals surface area (Å²) in [4.78, 5) is 1.40. The third-order valence-electron chi connectivity index (χ3n) is 2.74. The van der Waals surface area contributed by atoms with Crippen LogP contribution >= 0.6 is 0 Å². The maximum absolute atomic E-state index is 12.1. The number of halogens is 3. The van der Waals surface area contributed by atoms with Crippen LogP contribution < -0.4 is 5.32 Å². The third kappa shape index (κ3) is 7.93. The summed E-state index contributed by atoms with van der Waals surface area (Å²) in [6.45, 7) is 8.62. The van der Waals surface area contributed by atoms with Crippen molar-refractivity contribution in [2.75, 3.05) is 26.2 Å². The van der Waals surface area contributed by atoms with E-state index in [2.05, 4.69) is 19.2 Å². The van der Waals surface area contributed by atoms with Crippen LogP contribution in [0.25, 0.3) is 0 Å². The minimum absolute atomic E-state index is 0.338. The van der Waals surface area contributed by atoms with Gasteiger partial charge in [-0.2, -0.15) is 13.2 Å². The quantitative estimate of drug-likeness (QED) is 0.735. The summed E-state index contributed by atoms with van der Waals surface area (Å²) in [5.41, 5.74) is 0. The van der Waals surface area contributed by atoms with Crippen LogP contribution in [0.1, 0.15) is 27.7 Å². The van der Waals surface area contributed by atoms with Crippen LogP contribution in [-0.2, 0) is 0 Å². The lowest BCUT2D eigenvalue weighted by molar-refractivity contribution is -0.145. The number of nitrogens with zero attached hydrogens (tertiary/aromatic N) is 1. The Balaban J connectivity index is 3.80. The molecule has 0 radical (unpaired) electrons. The van der Waals surface area contributed by atoms with Gasteiger partial charge in [-0.05, 0) is 19.4 Å². The molecule has 98 valence electrons. The summed E-state index contributed by atoms with van der Waals surface area (Å²) >= 11 is 0. The van der Waals surface area contributed by atoms with Gasteiger partial charge in [0.25, 0.3) is 0 Å². The molecule has 0 aliphatic heterocycles. The number of nitrogens with one attached hydrogen (secondary N) is 1. The van der Waals surface area contributed by atoms with Gasteiger partial charge in [0.1, 0.15) is 0 Å². The highest BCUT2D eigenvalue weighted by Crippen LogP contribution is 2.15. The molecule has 0 bridgehead atoms. The van der Waals surface area contributed by atoms with E-state index in [4.69, 9.17) is 0 Å². The second-order valence-corrected chi connectivity index (χ2v) is 4.47. The Morgan fingerprint density at radius 2 is 1.75 bits per heavy atom. The van der Waals surface area contributed by atoms with Crippen molar-refractivity contribution in [1.29, 1.82) is 0 Å². The van der Waals surface area contributed by atoms with Gasteiger partial charge < -0.3 is 5.32 Å². The molecule has 16 heavy (non-hydrogen) atoms. The van der Waals surface area contributed by atoms with Gasteiger partial charge in [0.15, 0.2) is 0 Å². The fourth-order valence-electron chi connectivity index (χ4n) is 1.29. The van der Waals surface area contributed by atoms with Gasteiger partial charge >= 0.3 is 6.18 Å². The van der Waals surface area contributed by atoms with Crippen molar-refractivity contribution in [1.82, 2.24) is 10.2 Å². The highest BCUT2D eigenvalue weighted by atomic mass is 19.4. The van der Waals surface area contributed by atoms with Crippen LogP contribution in [0.5, 0.6) is 0 Å². The molecule has 0 fully saturated rings. The Morgan fingerprint density at radius 1 is 1.19 bits per heavy atom. The number of rotatable bonds is 7. The molecule has 0 spiro atoms. The van der Waals surface area contributed by atoms with Crippen LogP contribution in [0.3, 0.4) is 0 Å². The maximum atomic E-state index is 12.1. The summed E-state index contributed by atoms with van der Waals surface area (Å²) in [7, 11) is 0. The Kier molecular flexibility index (Phi) is 6.99. The van der Waals surface area contributed by atoms with Crippen LogP contribution in [0.15, 0.2) is 0 Å². The maximum Gasteiger partial charge on any atom is 0.401 e. The van der Waals surface area contributed by atoms with E-state index in [1.165, 1.54) is 4.90 Å². The molecule has 0 saturated heterocycles. The van der Waals surface area contributed by atoms with Crippen molar-refractivity contribution in [3.8, 4) is 0 Å². The van der Waals surface area contributed by atoms with E-state index in [-0.39, 0.29) is 0 Å². The van der Waals surface area contributed by atoms with Gasteiger partial charge in [0, 0.05) is 19.1 Å². The Morgan fingerprint density at radius 3 is 2.12 bits per heavy atom. The van der Waals surface area contributed by atoms with E-state index in [9.17, 15) is 13.2 Å². The molecule has 0 aliphatic rings. The minimum Gasteiger partial charge on any atom is -0.313 e. The lowest BCUT2D eigenvalue weighted by Crippen LogP contribution is -2.41. The first-order valence-electron chi connectivity index (χ1n) is 5.78. The minimum atomic E-state index is -4.10. The lowest BCUT2D eigenvalue weighted by atomic mass is 10.1. The number of likely N-dealkylation sites (N-methyl/N-ethyl adjacent to an activating group) is 1. The molecule has 2 nitrogen and oxygen atoms in total. The molecule has 1 unspecified atom stereocenters. The van der Waals surface area contributed by atoms with Gasteiger partial charge in [0.05, 0.1) is 6.54 Å². The Labute approximate surface area is 96.2 Å². The van der Waals surface area contributed by atoms with E-state index < -0.39 is 12.7 Å². The Hall–Kier alpha value is -0.290. The van der Waals surface area contributed by atoms with Crippen molar-refractivity contribution in [3.63, 3.8) is 0 Å². The summed E-state index contributed by atoms with van der Waals surface area (Å²) in [5.74, 6) is 0.498. The van der Waals surface area contributed by atoms with E-state index >= 15 is 0 Å². The number of hydrogen-bond donors (Lipinski definition) is 1. The molecule has 0 aliphatic carbocycles. The fourth-order valence-corrected chi connectivity index (χ4v) is 1.29. The topological polar surface area (TPSA) is 15.3 Å². The predicted molar refractivity (Wildman–Crippen MR) is 60.5 cm³/mol. The smallest absolute Gasteiger partial charge is 0.313 e. The first kappa shape index (κ1) is 15.7. The molecule has 0 saturated carbocycles. The zero-order valence-electron chi connectivity index (χ0n) is 10.6. The van der Waals surface area contributed by atoms with Crippen LogP contribution in [0, 0.1) is 5.92 Å². The van der Waals surface area contributed by atoms with Crippen LogP contribution in [-0.4, -0.2) is 43.3 Å². The fraction of sp³-hybridized carbons (Fsp3) is 1.00. The molecule has 0 aromatic rings. The summed E-state index contributed by atoms with van der Waals surface area (Å²) in [5, 5.41) is 3.22. The van der Waals surface area contributed by atoms with E-state index in [1.54, 1.807) is 6.92 Å². The van der Waals surface area contributed by atoms with Crippen LogP contribution in [0.2, 0.25) is 0 Å². The molecular weight excluding hydrogens is 217 g/mol. The second kappa shape index (κ2) is 7.12. The standard InChI is InChI=1S/C11H23F3N2/c1-5-16(8-11(12,13)14)7-6-15-10(4)9(2)3/h9-10,15H,5-8H2,1-4H3. The van der Waals surface area contributed by atoms with Gasteiger partial charge in [0.2, 0.25) is 0 Å². The van der Waals surface area contributed by atoms with Gasteiger partial charge in [-0.1, -0.05) is 20.8 Å². The number of alkyl halides is 3. The second-order valence-electron chi connectivity index (χ2n) is 4.47. The highest BCUT2D eigenvalue weighted by molar-refractivity contribution is 4.67.